The van der Waals surface area contributed by atoms with Gasteiger partial charge in [0.25, 0.3) is 5.91 Å². The fourth-order valence-corrected chi connectivity index (χ4v) is 2.10. The number of hydrogen-bond donors (Lipinski definition) is 3. The van der Waals surface area contributed by atoms with E-state index in [9.17, 15) is 13.6 Å². The van der Waals surface area contributed by atoms with Crippen molar-refractivity contribution in [3.05, 3.63) is 58.1 Å². The molecule has 20 heavy (non-hydrogen) atoms. The number of hydrogen-bond acceptors (Lipinski definition) is 3. The van der Waals surface area contributed by atoms with Crippen molar-refractivity contribution in [2.75, 3.05) is 10.7 Å². The lowest BCUT2D eigenvalue weighted by Crippen LogP contribution is -2.19. The van der Waals surface area contributed by atoms with Gasteiger partial charge in [0.1, 0.15) is 11.6 Å². The molecule has 1 amide bonds. The van der Waals surface area contributed by atoms with E-state index in [2.05, 4.69) is 26.7 Å². The van der Waals surface area contributed by atoms with E-state index in [1.54, 1.807) is 6.07 Å². The predicted molar refractivity (Wildman–Crippen MR) is 76.3 cm³/mol. The Morgan fingerprint density at radius 3 is 2.25 bits per heavy atom. The molecule has 0 atom stereocenters. The Balaban J connectivity index is 2.36. The number of anilines is 2. The molecule has 0 unspecified atom stereocenters. The van der Waals surface area contributed by atoms with Crippen LogP contribution in [0.5, 0.6) is 0 Å². The van der Waals surface area contributed by atoms with E-state index in [0.717, 1.165) is 6.07 Å². The zero-order valence-corrected chi connectivity index (χ0v) is 11.7. The van der Waals surface area contributed by atoms with Crippen molar-refractivity contribution < 1.29 is 13.6 Å². The number of carbonyl (C=O) groups is 1. The fourth-order valence-electron chi connectivity index (χ4n) is 1.66. The van der Waals surface area contributed by atoms with E-state index >= 15 is 0 Å². The maximum Gasteiger partial charge on any atom is 0.258 e. The molecule has 0 spiro atoms. The van der Waals surface area contributed by atoms with E-state index < -0.39 is 17.5 Å². The first kappa shape index (κ1) is 14.4. The number of hydrazine groups is 1. The molecule has 0 radical (unpaired) electrons. The van der Waals surface area contributed by atoms with E-state index in [4.69, 9.17) is 5.84 Å². The molecule has 4 nitrogen and oxygen atoms in total. The first-order valence-electron chi connectivity index (χ1n) is 5.55. The van der Waals surface area contributed by atoms with Gasteiger partial charge in [0.2, 0.25) is 0 Å². The van der Waals surface area contributed by atoms with Gasteiger partial charge in [-0.2, -0.15) is 0 Å². The first-order chi connectivity index (χ1) is 9.54. The number of nitrogens with one attached hydrogen (secondary N) is 2. The molecule has 2 rings (SSSR count). The summed E-state index contributed by atoms with van der Waals surface area (Å²) in [4.78, 5) is 12.1. The van der Waals surface area contributed by atoms with Crippen molar-refractivity contribution in [3.8, 4) is 0 Å². The molecule has 0 bridgehead atoms. The van der Waals surface area contributed by atoms with E-state index in [1.807, 2.05) is 0 Å². The Labute approximate surface area is 122 Å². The number of nitrogens with two attached hydrogens (primary N) is 1. The van der Waals surface area contributed by atoms with Crippen molar-refractivity contribution in [1.82, 2.24) is 0 Å². The summed E-state index contributed by atoms with van der Waals surface area (Å²) < 4.78 is 27.5. The van der Waals surface area contributed by atoms with E-state index in [-0.39, 0.29) is 16.9 Å². The molecule has 0 aliphatic heterocycles. The lowest BCUT2D eigenvalue weighted by atomic mass is 10.1. The Bertz CT molecular complexity index is 644. The smallest absolute Gasteiger partial charge is 0.258 e. The van der Waals surface area contributed by atoms with Crippen LogP contribution in [0.15, 0.2) is 40.9 Å². The van der Waals surface area contributed by atoms with Crippen LogP contribution in [-0.2, 0) is 0 Å². The molecule has 0 fully saturated rings. The van der Waals surface area contributed by atoms with Gasteiger partial charge in [-0.1, -0.05) is 12.1 Å². The first-order valence-corrected chi connectivity index (χ1v) is 6.34. The highest BCUT2D eigenvalue weighted by Gasteiger charge is 2.17. The summed E-state index contributed by atoms with van der Waals surface area (Å²) in [5, 5.41) is 2.37. The van der Waals surface area contributed by atoms with Crippen LogP contribution in [-0.4, -0.2) is 5.91 Å². The lowest BCUT2D eigenvalue weighted by molar-refractivity contribution is 0.102. The molecule has 4 N–H and O–H groups in total. The van der Waals surface area contributed by atoms with Crippen LogP contribution in [0.1, 0.15) is 10.4 Å². The van der Waals surface area contributed by atoms with Gasteiger partial charge < -0.3 is 10.7 Å². The number of carbonyl (C=O) groups excluding carboxylic acids is 1. The van der Waals surface area contributed by atoms with Crippen molar-refractivity contribution in [2.24, 2.45) is 5.84 Å². The highest BCUT2D eigenvalue weighted by molar-refractivity contribution is 9.10. The minimum atomic E-state index is -0.678. The minimum Gasteiger partial charge on any atom is -0.321 e. The molecule has 0 aromatic heterocycles. The lowest BCUT2D eigenvalue weighted by Gasteiger charge is -2.12. The Morgan fingerprint density at radius 2 is 1.65 bits per heavy atom. The van der Waals surface area contributed by atoms with Gasteiger partial charge in [-0.3, -0.25) is 10.6 Å². The van der Waals surface area contributed by atoms with Gasteiger partial charge in [0, 0.05) is 4.47 Å². The number of halogens is 3. The summed E-state index contributed by atoms with van der Waals surface area (Å²) in [6, 6.07) is 8.17. The minimum absolute atomic E-state index is 0.0234. The van der Waals surface area contributed by atoms with E-state index in [0.29, 0.717) is 4.47 Å². The molecule has 0 saturated heterocycles. The van der Waals surface area contributed by atoms with Crippen LogP contribution in [0.25, 0.3) is 0 Å². The summed E-state index contributed by atoms with van der Waals surface area (Å²) in [5.41, 5.74) is 1.91. The monoisotopic (exact) mass is 341 g/mol. The molecule has 7 heteroatoms. The predicted octanol–water partition coefficient (Wildman–Crippen LogP) is 3.27. The van der Waals surface area contributed by atoms with E-state index in [1.165, 1.54) is 24.3 Å². The summed E-state index contributed by atoms with van der Waals surface area (Å²) >= 11 is 3.13. The Hall–Kier alpha value is -1.99. The molecule has 0 aliphatic carbocycles. The quantitative estimate of drug-likeness (QED) is 0.592. The number of benzene rings is 2. The van der Waals surface area contributed by atoms with Crippen LogP contribution in [0.3, 0.4) is 0 Å². The summed E-state index contributed by atoms with van der Waals surface area (Å²) in [5.74, 6) is 3.23. The molecular weight excluding hydrogens is 332 g/mol. The van der Waals surface area contributed by atoms with Crippen LogP contribution in [0, 0.1) is 11.6 Å². The van der Waals surface area contributed by atoms with Crippen LogP contribution >= 0.6 is 15.9 Å². The zero-order valence-electron chi connectivity index (χ0n) is 10.1. The Morgan fingerprint density at radius 1 is 1.05 bits per heavy atom. The van der Waals surface area contributed by atoms with Crippen molar-refractivity contribution in [3.63, 3.8) is 0 Å². The molecule has 104 valence electrons. The topological polar surface area (TPSA) is 67.1 Å². The summed E-state index contributed by atoms with van der Waals surface area (Å²) in [7, 11) is 0. The van der Waals surface area contributed by atoms with Gasteiger partial charge in [0.15, 0.2) is 0 Å². The fraction of sp³-hybridized carbons (Fsp3) is 0. The number of rotatable bonds is 3. The highest BCUT2D eigenvalue weighted by atomic mass is 79.9. The number of nitrogen functional groups attached to an aromatic ring is 1. The van der Waals surface area contributed by atoms with Crippen molar-refractivity contribution >= 4 is 33.2 Å². The third-order valence-corrected chi connectivity index (χ3v) is 3.26. The third kappa shape index (κ3) is 2.78. The number of amides is 1. The SMILES string of the molecule is NNc1c(F)cccc1C(=O)Nc1c(F)cccc1Br. The second kappa shape index (κ2) is 5.98. The third-order valence-electron chi connectivity index (χ3n) is 2.60. The van der Waals surface area contributed by atoms with Crippen LogP contribution in [0.2, 0.25) is 0 Å². The van der Waals surface area contributed by atoms with Gasteiger partial charge in [-0.25, -0.2) is 8.78 Å². The average Bonchev–Trinajstić information content (AvgIpc) is 2.42. The Kier molecular flexibility index (Phi) is 4.31. The van der Waals surface area contributed by atoms with Crippen molar-refractivity contribution in [1.29, 1.82) is 0 Å². The van der Waals surface area contributed by atoms with Gasteiger partial charge >= 0.3 is 0 Å². The normalized spacial score (nSPS) is 10.2. The average molecular weight is 342 g/mol. The highest BCUT2D eigenvalue weighted by Crippen LogP contribution is 2.27. The second-order valence-electron chi connectivity index (χ2n) is 3.86. The van der Waals surface area contributed by atoms with Gasteiger partial charge in [0.05, 0.1) is 16.9 Å². The van der Waals surface area contributed by atoms with Gasteiger partial charge in [-0.05, 0) is 40.2 Å². The summed E-state index contributed by atoms with van der Waals surface area (Å²) in [6.45, 7) is 0. The maximum absolute atomic E-state index is 13.6. The molecule has 0 heterocycles. The molecular formula is C13H10BrF2N3O. The number of para-hydroxylation sites is 2. The van der Waals surface area contributed by atoms with Gasteiger partial charge in [-0.15, -0.1) is 0 Å². The largest absolute Gasteiger partial charge is 0.321 e. The van der Waals surface area contributed by atoms with Crippen LogP contribution in [0.4, 0.5) is 20.2 Å². The summed E-state index contributed by atoms with van der Waals surface area (Å²) in [6.07, 6.45) is 0. The van der Waals surface area contributed by atoms with Crippen LogP contribution < -0.4 is 16.6 Å². The standard InChI is InChI=1S/C13H10BrF2N3O/c14-8-4-2-6-10(16)12(8)18-13(20)7-3-1-5-9(15)11(7)19-17/h1-6,19H,17H2,(H,18,20). The maximum atomic E-state index is 13.6. The molecule has 2 aromatic carbocycles. The molecule has 0 saturated carbocycles. The second-order valence-corrected chi connectivity index (χ2v) is 4.71. The zero-order chi connectivity index (χ0) is 14.7. The van der Waals surface area contributed by atoms with Crippen molar-refractivity contribution in [2.45, 2.75) is 0 Å². The molecule has 0 aliphatic rings. The molecule has 2 aromatic rings.